The lowest BCUT2D eigenvalue weighted by atomic mass is 10.1. The van der Waals surface area contributed by atoms with Crippen LogP contribution in [0, 0.1) is 63.4 Å². The first-order chi connectivity index (χ1) is 59.1. The summed E-state index contributed by atoms with van der Waals surface area (Å²) < 4.78 is 58.4. The summed E-state index contributed by atoms with van der Waals surface area (Å²) in [6.07, 6.45) is 19.8. The molecule has 28 heteroatoms. The first kappa shape index (κ1) is 86.2. The molecular formula is C94H78F3N17O8. The van der Waals surface area contributed by atoms with E-state index < -0.39 is 29.1 Å². The van der Waals surface area contributed by atoms with E-state index >= 15 is 0 Å². The van der Waals surface area contributed by atoms with Gasteiger partial charge in [-0.3, -0.25) is 33.9 Å². The number of amides is 5. The molecule has 608 valence electrons. The van der Waals surface area contributed by atoms with Gasteiger partial charge in [-0.1, -0.05) is 89.0 Å². The van der Waals surface area contributed by atoms with Crippen molar-refractivity contribution < 1.29 is 51.4 Å². The van der Waals surface area contributed by atoms with Gasteiger partial charge in [0.15, 0.2) is 28.8 Å². The number of anilines is 9. The van der Waals surface area contributed by atoms with Crippen molar-refractivity contribution in [3.8, 4) is 40.6 Å². The molecule has 6 N–H and O–H groups in total. The molecule has 15 aromatic rings. The molecule has 0 saturated heterocycles. The first-order valence-electron chi connectivity index (χ1n) is 37.6. The Kier molecular flexibility index (Phi) is 30.6. The second-order valence-electron chi connectivity index (χ2n) is 26.7. The molecule has 0 unspecified atom stereocenters. The molecule has 25 nitrogen and oxygen atoms in total. The number of pyridine rings is 3. The van der Waals surface area contributed by atoms with E-state index in [-0.39, 0.29) is 40.8 Å². The van der Waals surface area contributed by atoms with E-state index in [0.29, 0.717) is 85.8 Å². The van der Waals surface area contributed by atoms with Crippen LogP contribution in [-0.4, -0.2) is 80.9 Å². The molecule has 0 aliphatic carbocycles. The average Bonchev–Trinajstić information content (AvgIpc) is 0.825. The fourth-order valence-corrected chi connectivity index (χ4v) is 11.5. The standard InChI is InChI=1S/C21H20FN3O.C19H14N4O2.C19H17N3O.C18H15N3O2.C17H12F2N4O2/c1-3-25(19-8-5-9-23-14-19)20-12-17(22)11-18(13-20)24-21(26)16-7-4-6-15(2)10-16;1-13-3-2-4-15(5-13)19(24)23-16-6-14(9-20)7-17(8-16)25-18-10-21-12-22-11-18;1-14-5-2-6-15(11-14)19(23)22-17-8-3-7-16(12-17)21-18-9-4-10-20-13-18;1-13-4-2-5-14(8-13)18(22)21-15-6-3-7-16(9-15)23-17-10-19-12-20-11-17;1-10-3-2-4-14(22-10)17(24)23-11-5-13(18)16(19)15(6-11)25-12-7-20-9-21-8-12/h4-14H,3H2,1-2H3,(H,24,26);2-8,10-12H,1H3,(H,23,24);2-13,21H,1H3,(H,22,23);2-12H,1H3,(H,21,22);2-9H,1H3,(H,23,24). The minimum Gasteiger partial charge on any atom is -0.454 e. The minimum absolute atomic E-state index is 0.0269. The number of benzene rings is 9. The molecule has 0 spiro atoms. The fraction of sp³-hybridized carbons (Fsp3) is 0.0745. The van der Waals surface area contributed by atoms with Crippen LogP contribution in [0.1, 0.15) is 92.4 Å². The van der Waals surface area contributed by atoms with Crippen LogP contribution in [0.25, 0.3) is 0 Å². The van der Waals surface area contributed by atoms with Crippen molar-refractivity contribution in [1.82, 2.24) is 44.9 Å². The molecular weight excluding hydrogens is 1550 g/mol. The van der Waals surface area contributed by atoms with E-state index in [0.717, 1.165) is 51.1 Å². The van der Waals surface area contributed by atoms with Crippen molar-refractivity contribution in [2.24, 2.45) is 0 Å². The number of aromatic nitrogens is 9. The average molecular weight is 1630 g/mol. The van der Waals surface area contributed by atoms with E-state index in [2.05, 4.69) is 82.8 Å². The van der Waals surface area contributed by atoms with Crippen molar-refractivity contribution in [2.45, 2.75) is 41.5 Å². The zero-order valence-corrected chi connectivity index (χ0v) is 66.5. The zero-order chi connectivity index (χ0) is 86.1. The summed E-state index contributed by atoms with van der Waals surface area (Å²) in [5, 5.41) is 26.2. The van der Waals surface area contributed by atoms with Crippen LogP contribution in [0.3, 0.4) is 0 Å². The fourth-order valence-electron chi connectivity index (χ4n) is 11.5. The van der Waals surface area contributed by atoms with E-state index in [9.17, 15) is 42.4 Å². The Bertz CT molecular complexity index is 6010. The minimum atomic E-state index is -1.18. The van der Waals surface area contributed by atoms with Gasteiger partial charge in [0.2, 0.25) is 5.82 Å². The molecule has 0 aliphatic heterocycles. The summed E-state index contributed by atoms with van der Waals surface area (Å²) >= 11 is 0. The van der Waals surface area contributed by atoms with Crippen molar-refractivity contribution in [3.05, 3.63) is 396 Å². The molecule has 5 amide bonds. The van der Waals surface area contributed by atoms with E-state index in [4.69, 9.17) is 14.2 Å². The second kappa shape index (κ2) is 43.3. The molecule has 6 aromatic heterocycles. The quantitative estimate of drug-likeness (QED) is 0.0389. The number of nitrogens with zero attached hydrogens (tertiary/aromatic N) is 11. The highest BCUT2D eigenvalue weighted by Gasteiger charge is 2.19. The number of halogens is 3. The van der Waals surface area contributed by atoms with Crippen LogP contribution in [-0.2, 0) is 0 Å². The molecule has 0 bridgehead atoms. The van der Waals surface area contributed by atoms with Gasteiger partial charge in [-0.05, 0) is 187 Å². The van der Waals surface area contributed by atoms with E-state index in [1.165, 1.54) is 68.0 Å². The van der Waals surface area contributed by atoms with E-state index in [1.807, 2.05) is 161 Å². The Morgan fingerprint density at radius 3 is 1.31 bits per heavy atom. The normalized spacial score (nSPS) is 10.2. The highest BCUT2D eigenvalue weighted by molar-refractivity contribution is 6.07. The van der Waals surface area contributed by atoms with Crippen molar-refractivity contribution in [2.75, 3.05) is 43.3 Å². The van der Waals surface area contributed by atoms with Crippen molar-refractivity contribution >= 4 is 80.7 Å². The molecule has 0 aliphatic rings. The van der Waals surface area contributed by atoms with Crippen LogP contribution in [0.5, 0.6) is 34.5 Å². The van der Waals surface area contributed by atoms with Crippen LogP contribution in [0.2, 0.25) is 0 Å². The maximum Gasteiger partial charge on any atom is 0.274 e. The van der Waals surface area contributed by atoms with Crippen molar-refractivity contribution in [1.29, 1.82) is 5.26 Å². The number of nitriles is 1. The number of ether oxygens (including phenoxy) is 3. The Hall–Kier alpha value is -16.7. The van der Waals surface area contributed by atoms with Gasteiger partial charge in [-0.15, -0.1) is 0 Å². The molecule has 9 aromatic carbocycles. The lowest BCUT2D eigenvalue weighted by molar-refractivity contribution is 0.101. The Balaban J connectivity index is 0.000000149. The predicted molar refractivity (Wildman–Crippen MR) is 461 cm³/mol. The third-order valence-corrected chi connectivity index (χ3v) is 17.0. The zero-order valence-electron chi connectivity index (χ0n) is 66.5. The van der Waals surface area contributed by atoms with Gasteiger partial charge < -0.3 is 51.0 Å². The Morgan fingerprint density at radius 1 is 0.369 bits per heavy atom. The van der Waals surface area contributed by atoms with Gasteiger partial charge in [0.25, 0.3) is 29.5 Å². The molecule has 0 fully saturated rings. The maximum atomic E-state index is 14.2. The van der Waals surface area contributed by atoms with Crippen LogP contribution in [0.4, 0.5) is 64.4 Å². The molecule has 0 saturated carbocycles. The third kappa shape index (κ3) is 26.7. The molecule has 15 rings (SSSR count). The van der Waals surface area contributed by atoms with Gasteiger partial charge in [0.1, 0.15) is 42.0 Å². The predicted octanol–water partition coefficient (Wildman–Crippen LogP) is 20.4. The van der Waals surface area contributed by atoms with Crippen LogP contribution < -0.4 is 51.0 Å². The second-order valence-corrected chi connectivity index (χ2v) is 26.7. The molecule has 0 radical (unpaired) electrons. The summed E-state index contributed by atoms with van der Waals surface area (Å²) in [7, 11) is 0. The number of carbonyl (C=O) groups is 5. The first-order valence-corrected chi connectivity index (χ1v) is 37.6. The number of hydrogen-bond acceptors (Lipinski definition) is 20. The monoisotopic (exact) mass is 1630 g/mol. The molecule has 0 atom stereocenters. The Morgan fingerprint density at radius 2 is 0.811 bits per heavy atom. The number of aryl methyl sites for hydroxylation is 5. The number of hydrogen-bond donors (Lipinski definition) is 6. The highest BCUT2D eigenvalue weighted by atomic mass is 19.2. The summed E-state index contributed by atoms with van der Waals surface area (Å²) in [6, 6.07) is 70.1. The lowest BCUT2D eigenvalue weighted by Crippen LogP contribution is -2.17. The summed E-state index contributed by atoms with van der Waals surface area (Å²) in [4.78, 5) is 98.7. The lowest BCUT2D eigenvalue weighted by Gasteiger charge is -2.23. The topological polar surface area (TPSA) is 328 Å². The summed E-state index contributed by atoms with van der Waals surface area (Å²) in [5.41, 5.74) is 13.2. The third-order valence-electron chi connectivity index (χ3n) is 17.0. The van der Waals surface area contributed by atoms with Crippen molar-refractivity contribution in [3.63, 3.8) is 0 Å². The maximum absolute atomic E-state index is 14.2. The summed E-state index contributed by atoms with van der Waals surface area (Å²) in [5.74, 6) is -2.40. The van der Waals surface area contributed by atoms with Crippen LogP contribution in [0.15, 0.2) is 318 Å². The van der Waals surface area contributed by atoms with Gasteiger partial charge in [0, 0.05) is 111 Å². The van der Waals surface area contributed by atoms with Crippen LogP contribution >= 0.6 is 0 Å². The highest BCUT2D eigenvalue weighted by Crippen LogP contribution is 2.33. The number of rotatable bonds is 21. The number of nitrogens with one attached hydrogen (secondary N) is 6. The van der Waals surface area contributed by atoms with Gasteiger partial charge in [0.05, 0.1) is 72.6 Å². The van der Waals surface area contributed by atoms with Gasteiger partial charge in [-0.25, -0.2) is 43.7 Å². The summed E-state index contributed by atoms with van der Waals surface area (Å²) in [6.45, 7) is 12.1. The smallest absolute Gasteiger partial charge is 0.274 e. The van der Waals surface area contributed by atoms with Gasteiger partial charge in [-0.2, -0.15) is 9.65 Å². The SMILES string of the molecule is CCN(c1cccnc1)c1cc(F)cc(NC(=O)c2cccc(C)c2)c1.Cc1cccc(C(=O)Nc2cc(C#N)cc(Oc3cncnc3)c2)c1.Cc1cccc(C(=O)Nc2cc(F)c(F)c(Oc3cncnc3)c2)n1.Cc1cccc(C(=O)Nc2cccc(Nc3cccnc3)c2)c1.Cc1cccc(C(=O)Nc2cccc(Oc3cncnc3)c2)c1. The Labute approximate surface area is 700 Å². The van der Waals surface area contributed by atoms with Gasteiger partial charge >= 0.3 is 0 Å². The molecule has 122 heavy (non-hydrogen) atoms. The number of carbonyl (C=O) groups excluding carboxylic acids is 5. The van der Waals surface area contributed by atoms with E-state index in [1.54, 1.807) is 129 Å². The largest absolute Gasteiger partial charge is 0.454 e. The molecule has 6 heterocycles.